The summed E-state index contributed by atoms with van der Waals surface area (Å²) in [4.78, 5) is 30.0. The zero-order chi connectivity index (χ0) is 28.2. The van der Waals surface area contributed by atoms with Gasteiger partial charge in [-0.25, -0.2) is 0 Å². The third-order valence-electron chi connectivity index (χ3n) is 7.89. The highest BCUT2D eigenvalue weighted by molar-refractivity contribution is 6.00. The molecule has 1 heterocycles. The fourth-order valence-corrected chi connectivity index (χ4v) is 5.22. The Labute approximate surface area is 236 Å². The fourth-order valence-electron chi connectivity index (χ4n) is 5.22. The minimum atomic E-state index is -0.341. The van der Waals surface area contributed by atoms with Gasteiger partial charge in [-0.1, -0.05) is 61.5 Å². The molecule has 1 aliphatic heterocycles. The van der Waals surface area contributed by atoms with Gasteiger partial charge in [-0.15, -0.1) is 0 Å². The van der Waals surface area contributed by atoms with Gasteiger partial charge in [0, 0.05) is 37.2 Å². The van der Waals surface area contributed by atoms with Crippen molar-refractivity contribution in [1.29, 1.82) is 0 Å². The number of anilines is 1. The second-order valence-electron chi connectivity index (χ2n) is 11.4. The van der Waals surface area contributed by atoms with Crippen LogP contribution in [-0.4, -0.2) is 65.6 Å². The minimum absolute atomic E-state index is 0.00957. The van der Waals surface area contributed by atoms with Crippen LogP contribution in [-0.2, 0) is 11.3 Å². The number of aliphatic hydroxyl groups is 1. The molecule has 3 atom stereocenters. The number of hydrogen-bond donors (Lipinski definition) is 2. The van der Waals surface area contributed by atoms with Crippen LogP contribution >= 0.6 is 0 Å². The van der Waals surface area contributed by atoms with Crippen LogP contribution in [0.25, 0.3) is 11.1 Å². The summed E-state index contributed by atoms with van der Waals surface area (Å²) >= 11 is 0. The Morgan fingerprint density at radius 1 is 1.07 bits per heavy atom. The summed E-state index contributed by atoms with van der Waals surface area (Å²) in [6.45, 7) is 5.70. The predicted octanol–water partition coefficient (Wildman–Crippen LogP) is 5.05. The lowest BCUT2D eigenvalue weighted by Crippen LogP contribution is -2.49. The topological polar surface area (TPSA) is 82.1 Å². The summed E-state index contributed by atoms with van der Waals surface area (Å²) in [5.74, 6) is 0.390. The molecule has 0 saturated heterocycles. The van der Waals surface area contributed by atoms with E-state index >= 15 is 0 Å². The number of fused-ring (bicyclic) bond motifs is 1. The van der Waals surface area contributed by atoms with E-state index in [0.29, 0.717) is 30.1 Å². The molecule has 3 aromatic carbocycles. The van der Waals surface area contributed by atoms with Crippen molar-refractivity contribution >= 4 is 17.5 Å². The van der Waals surface area contributed by atoms with Crippen LogP contribution < -0.4 is 10.1 Å². The van der Waals surface area contributed by atoms with Gasteiger partial charge in [-0.05, 0) is 61.7 Å². The molecular weight excluding hydrogens is 502 g/mol. The molecule has 40 heavy (non-hydrogen) atoms. The second-order valence-corrected chi connectivity index (χ2v) is 11.4. The number of aliphatic hydroxyl groups excluding tert-OH is 1. The van der Waals surface area contributed by atoms with E-state index in [2.05, 4.69) is 60.6 Å². The van der Waals surface area contributed by atoms with Crippen LogP contribution in [0.3, 0.4) is 0 Å². The Hall–Kier alpha value is -3.68. The normalized spacial score (nSPS) is 19.8. The van der Waals surface area contributed by atoms with E-state index < -0.39 is 0 Å². The van der Waals surface area contributed by atoms with Crippen LogP contribution in [0, 0.1) is 11.8 Å². The Morgan fingerprint density at radius 3 is 2.45 bits per heavy atom. The van der Waals surface area contributed by atoms with Crippen molar-refractivity contribution in [2.75, 3.05) is 32.1 Å². The van der Waals surface area contributed by atoms with E-state index in [4.69, 9.17) is 4.74 Å². The number of ether oxygens (including phenoxy) is 1. The molecule has 0 bridgehead atoms. The van der Waals surface area contributed by atoms with Crippen LogP contribution in [0.2, 0.25) is 0 Å². The number of nitrogens with one attached hydrogen (secondary N) is 1. The quantitative estimate of drug-likeness (QED) is 0.396. The maximum atomic E-state index is 13.6. The van der Waals surface area contributed by atoms with E-state index in [0.717, 1.165) is 19.4 Å². The van der Waals surface area contributed by atoms with Gasteiger partial charge in [0.15, 0.2) is 0 Å². The number of nitrogens with zero attached hydrogens (tertiary/aromatic N) is 2. The molecule has 1 fully saturated rings. The van der Waals surface area contributed by atoms with Crippen molar-refractivity contribution < 1.29 is 19.4 Å². The lowest BCUT2D eigenvalue weighted by Gasteiger charge is -2.38. The van der Waals surface area contributed by atoms with Crippen LogP contribution in [0.15, 0.2) is 72.8 Å². The molecule has 0 spiro atoms. The molecule has 0 radical (unpaired) electrons. The van der Waals surface area contributed by atoms with Gasteiger partial charge in [-0.2, -0.15) is 0 Å². The van der Waals surface area contributed by atoms with E-state index in [-0.39, 0.29) is 42.4 Å². The SMILES string of the molecule is C[C@H](CO)N1C[C@H](C)[C@@H](CN(C)Cc2ccc(-c3ccccc3)cc2)Oc2ccc(NC(=O)C3CC3)cc2C1=O. The number of benzene rings is 3. The van der Waals surface area contributed by atoms with Gasteiger partial charge in [0.1, 0.15) is 11.9 Å². The van der Waals surface area contributed by atoms with Crippen molar-refractivity contribution in [3.63, 3.8) is 0 Å². The Kier molecular flexibility index (Phi) is 8.52. The summed E-state index contributed by atoms with van der Waals surface area (Å²) in [5.41, 5.74) is 4.60. The highest BCUT2D eigenvalue weighted by atomic mass is 16.5. The molecule has 1 aliphatic carbocycles. The molecule has 5 rings (SSSR count). The minimum Gasteiger partial charge on any atom is -0.488 e. The molecule has 7 nitrogen and oxygen atoms in total. The molecule has 7 heteroatoms. The molecule has 210 valence electrons. The van der Waals surface area contributed by atoms with Gasteiger partial charge >= 0.3 is 0 Å². The summed E-state index contributed by atoms with van der Waals surface area (Å²) in [6, 6.07) is 23.9. The zero-order valence-corrected chi connectivity index (χ0v) is 23.5. The zero-order valence-electron chi connectivity index (χ0n) is 23.5. The van der Waals surface area contributed by atoms with Crippen molar-refractivity contribution in [1.82, 2.24) is 9.80 Å². The first-order chi connectivity index (χ1) is 19.3. The number of rotatable bonds is 9. The summed E-state index contributed by atoms with van der Waals surface area (Å²) in [6.07, 6.45) is 1.64. The molecule has 2 aliphatic rings. The summed E-state index contributed by atoms with van der Waals surface area (Å²) in [7, 11) is 2.08. The largest absolute Gasteiger partial charge is 0.488 e. The van der Waals surface area contributed by atoms with Gasteiger partial charge in [0.2, 0.25) is 5.91 Å². The number of amides is 2. The average molecular weight is 542 g/mol. The number of likely N-dealkylation sites (N-methyl/N-ethyl adjacent to an activating group) is 1. The van der Waals surface area contributed by atoms with Gasteiger partial charge in [-0.3, -0.25) is 14.5 Å². The van der Waals surface area contributed by atoms with E-state index in [1.165, 1.54) is 16.7 Å². The van der Waals surface area contributed by atoms with E-state index in [9.17, 15) is 14.7 Å². The molecule has 0 aromatic heterocycles. The molecule has 2 amide bonds. The fraction of sp³-hybridized carbons (Fsp3) is 0.394. The Balaban J connectivity index is 1.33. The van der Waals surface area contributed by atoms with Crippen LogP contribution in [0.4, 0.5) is 5.69 Å². The summed E-state index contributed by atoms with van der Waals surface area (Å²) in [5, 5.41) is 12.9. The molecular formula is C33H39N3O4. The number of carbonyl (C=O) groups is 2. The second kappa shape index (κ2) is 12.2. The first-order valence-electron chi connectivity index (χ1n) is 14.2. The first-order valence-corrected chi connectivity index (χ1v) is 14.2. The molecule has 3 aromatic rings. The molecule has 1 saturated carbocycles. The van der Waals surface area contributed by atoms with Crippen molar-refractivity contribution in [2.24, 2.45) is 11.8 Å². The van der Waals surface area contributed by atoms with Crippen molar-refractivity contribution in [3.05, 3.63) is 83.9 Å². The third-order valence-corrected chi connectivity index (χ3v) is 7.89. The van der Waals surface area contributed by atoms with E-state index in [1.807, 2.05) is 25.1 Å². The summed E-state index contributed by atoms with van der Waals surface area (Å²) < 4.78 is 6.52. The van der Waals surface area contributed by atoms with Crippen molar-refractivity contribution in [3.8, 4) is 16.9 Å². The third kappa shape index (κ3) is 6.54. The van der Waals surface area contributed by atoms with E-state index in [1.54, 1.807) is 23.1 Å². The monoisotopic (exact) mass is 541 g/mol. The lowest BCUT2D eigenvalue weighted by molar-refractivity contribution is -0.117. The Morgan fingerprint density at radius 2 is 1.77 bits per heavy atom. The highest BCUT2D eigenvalue weighted by Crippen LogP contribution is 2.33. The van der Waals surface area contributed by atoms with Crippen molar-refractivity contribution in [2.45, 2.75) is 45.4 Å². The van der Waals surface area contributed by atoms with Gasteiger partial charge in [0.25, 0.3) is 5.91 Å². The van der Waals surface area contributed by atoms with Gasteiger partial charge < -0.3 is 20.1 Å². The van der Waals surface area contributed by atoms with Crippen LogP contribution in [0.5, 0.6) is 5.75 Å². The number of hydrogen-bond acceptors (Lipinski definition) is 5. The number of carbonyl (C=O) groups excluding carboxylic acids is 2. The highest BCUT2D eigenvalue weighted by Gasteiger charge is 2.34. The maximum absolute atomic E-state index is 13.6. The Bertz CT molecular complexity index is 1320. The smallest absolute Gasteiger partial charge is 0.258 e. The maximum Gasteiger partial charge on any atom is 0.258 e. The first kappa shape index (κ1) is 27.9. The van der Waals surface area contributed by atoms with Gasteiger partial charge in [0.05, 0.1) is 18.2 Å². The van der Waals surface area contributed by atoms with Crippen LogP contribution in [0.1, 0.15) is 42.6 Å². The predicted molar refractivity (Wildman–Crippen MR) is 157 cm³/mol. The lowest BCUT2D eigenvalue weighted by atomic mass is 9.99. The molecule has 2 N–H and O–H groups in total. The average Bonchev–Trinajstić information content (AvgIpc) is 3.82. The standard InChI is InChI=1S/C33H39N3O4/c1-22-18-36(23(2)21-37)33(39)29-17-28(34-32(38)27-13-14-27)15-16-30(29)40-31(22)20-35(3)19-24-9-11-26(12-10-24)25-7-5-4-6-8-25/h4-12,15-17,22-23,27,31,37H,13-14,18-21H2,1-3H3,(H,34,38)/t22-,23+,31+/m0/s1. The molecule has 0 unspecified atom stereocenters.